The van der Waals surface area contributed by atoms with Gasteiger partial charge in [-0.1, -0.05) is 26.0 Å². The summed E-state index contributed by atoms with van der Waals surface area (Å²) in [5.41, 5.74) is 0.511. The van der Waals surface area contributed by atoms with Crippen molar-refractivity contribution in [2.75, 3.05) is 0 Å². The zero-order chi connectivity index (χ0) is 21.0. The van der Waals surface area contributed by atoms with Crippen molar-refractivity contribution in [1.29, 1.82) is 5.41 Å². The van der Waals surface area contributed by atoms with Crippen molar-refractivity contribution in [3.8, 4) is 0 Å². The molecular formula is C23H40N4O2. The van der Waals surface area contributed by atoms with Crippen LogP contribution < -0.4 is 5.84 Å². The summed E-state index contributed by atoms with van der Waals surface area (Å²) in [4.78, 5) is 0. The lowest BCUT2D eigenvalue weighted by Gasteiger charge is -2.62. The molecule has 5 N–H and O–H groups in total. The van der Waals surface area contributed by atoms with Gasteiger partial charge in [-0.15, -0.1) is 5.11 Å². The first-order valence-corrected chi connectivity index (χ1v) is 11.7. The Morgan fingerprint density at radius 1 is 1.07 bits per heavy atom. The minimum atomic E-state index is -0.230. The van der Waals surface area contributed by atoms with Gasteiger partial charge < -0.3 is 16.1 Å². The van der Waals surface area contributed by atoms with Crippen LogP contribution in [0, 0.1) is 51.7 Å². The van der Waals surface area contributed by atoms with Crippen LogP contribution in [0.4, 0.5) is 0 Å². The molecular weight excluding hydrogens is 364 g/mol. The molecule has 0 spiro atoms. The lowest BCUT2D eigenvalue weighted by atomic mass is 9.43. The topological polar surface area (TPSA) is 115 Å². The third-order valence-corrected chi connectivity index (χ3v) is 10.1. The summed E-state index contributed by atoms with van der Waals surface area (Å²) in [5, 5.41) is 36.5. The summed E-state index contributed by atoms with van der Waals surface area (Å²) >= 11 is 0. The fourth-order valence-corrected chi connectivity index (χ4v) is 8.73. The molecule has 0 aromatic carbocycles. The van der Waals surface area contributed by atoms with Gasteiger partial charge in [0, 0.05) is 6.42 Å². The summed E-state index contributed by atoms with van der Waals surface area (Å²) < 4.78 is 0. The van der Waals surface area contributed by atoms with E-state index in [4.69, 9.17) is 11.3 Å². The first kappa shape index (κ1) is 21.2. The zero-order valence-electron chi connectivity index (χ0n) is 18.3. The molecule has 6 heteroatoms. The average Bonchev–Trinajstić information content (AvgIpc) is 3.00. The summed E-state index contributed by atoms with van der Waals surface area (Å²) in [7, 11) is 0. The van der Waals surface area contributed by atoms with Gasteiger partial charge in [0.15, 0.2) is 0 Å². The molecule has 0 aromatic heterocycles. The molecule has 10 atom stereocenters. The number of amidine groups is 1. The minimum absolute atomic E-state index is 0.177. The lowest BCUT2D eigenvalue weighted by Crippen LogP contribution is -2.58. The Morgan fingerprint density at radius 3 is 2.48 bits per heavy atom. The van der Waals surface area contributed by atoms with Crippen molar-refractivity contribution in [3.05, 3.63) is 0 Å². The molecule has 4 rings (SSSR count). The fraction of sp³-hybridized carbons (Fsp3) is 0.957. The van der Waals surface area contributed by atoms with Gasteiger partial charge in [0.1, 0.15) is 5.84 Å². The number of aliphatic hydroxyl groups excluding tert-OH is 2. The predicted molar refractivity (Wildman–Crippen MR) is 113 cm³/mol. The molecule has 4 unspecified atom stereocenters. The van der Waals surface area contributed by atoms with Gasteiger partial charge in [-0.05, 0) is 97.7 Å². The molecule has 0 aromatic rings. The monoisotopic (exact) mass is 404 g/mol. The van der Waals surface area contributed by atoms with Crippen LogP contribution in [0.2, 0.25) is 0 Å². The Bertz CT molecular complexity index is 669. The van der Waals surface area contributed by atoms with Crippen LogP contribution >= 0.6 is 0 Å². The molecule has 0 bridgehead atoms. The number of nitrogens with zero attached hydrogens (tertiary/aromatic N) is 2. The van der Waals surface area contributed by atoms with E-state index in [1.807, 2.05) is 0 Å². The van der Waals surface area contributed by atoms with E-state index < -0.39 is 0 Å². The molecule has 164 valence electrons. The summed E-state index contributed by atoms with van der Waals surface area (Å²) in [6, 6.07) is 0. The molecule has 0 radical (unpaired) electrons. The fourth-order valence-electron chi connectivity index (χ4n) is 8.73. The SMILES string of the molecule is C[C@H](CC(=N)N=NN)[C@H]1CCC2C3C(CC[C@@]21C)[C@@]1(C)CC[C@@H](O)CC1C[C@H]3O. The maximum Gasteiger partial charge on any atom is 0.145 e. The van der Waals surface area contributed by atoms with E-state index in [1.165, 1.54) is 25.7 Å². The lowest BCUT2D eigenvalue weighted by molar-refractivity contribution is -0.174. The van der Waals surface area contributed by atoms with Crippen LogP contribution in [0.15, 0.2) is 10.3 Å². The second kappa shape index (κ2) is 7.60. The minimum Gasteiger partial charge on any atom is -0.393 e. The number of rotatable bonds is 3. The van der Waals surface area contributed by atoms with Crippen LogP contribution in [0.5, 0.6) is 0 Å². The molecule has 0 heterocycles. The standard InChI is InChI=1S/C23H40N4O2/c1-13(10-20(24)26-27-25)16-4-5-17-21-18(7-9-23(16,17)3)22(2)8-6-15(28)11-14(22)12-19(21)29/h13-19,21,28-29H,4-12H2,1-3H3,(H3,24,25,26)/t13-,14?,15-,16-,17?,18?,19-,21?,22+,23-/m1/s1. The maximum absolute atomic E-state index is 11.3. The van der Waals surface area contributed by atoms with Crippen LogP contribution in [0.3, 0.4) is 0 Å². The first-order valence-electron chi connectivity index (χ1n) is 11.7. The Hall–Kier alpha value is -1.01. The zero-order valence-corrected chi connectivity index (χ0v) is 18.3. The van der Waals surface area contributed by atoms with Crippen LogP contribution in [0.1, 0.15) is 78.6 Å². The molecule has 4 aliphatic carbocycles. The number of hydrogen-bond donors (Lipinski definition) is 4. The molecule has 0 saturated heterocycles. The highest BCUT2D eigenvalue weighted by atomic mass is 16.3. The Kier molecular flexibility index (Phi) is 5.56. The largest absolute Gasteiger partial charge is 0.393 e. The molecule has 4 saturated carbocycles. The van der Waals surface area contributed by atoms with Gasteiger partial charge in [0.25, 0.3) is 0 Å². The first-order chi connectivity index (χ1) is 13.7. The predicted octanol–water partition coefficient (Wildman–Crippen LogP) is 4.31. The van der Waals surface area contributed by atoms with E-state index in [1.54, 1.807) is 0 Å². The van der Waals surface area contributed by atoms with E-state index in [9.17, 15) is 10.2 Å². The molecule has 6 nitrogen and oxygen atoms in total. The van der Waals surface area contributed by atoms with E-state index >= 15 is 0 Å². The van der Waals surface area contributed by atoms with Crippen molar-refractivity contribution >= 4 is 5.84 Å². The van der Waals surface area contributed by atoms with Gasteiger partial charge in [-0.2, -0.15) is 0 Å². The highest BCUT2D eigenvalue weighted by Gasteiger charge is 2.62. The van der Waals surface area contributed by atoms with E-state index in [-0.39, 0.29) is 28.9 Å². The van der Waals surface area contributed by atoms with Gasteiger partial charge in [-0.3, -0.25) is 5.41 Å². The van der Waals surface area contributed by atoms with E-state index in [2.05, 4.69) is 31.1 Å². The van der Waals surface area contributed by atoms with Gasteiger partial charge in [-0.25, -0.2) is 0 Å². The van der Waals surface area contributed by atoms with Crippen molar-refractivity contribution in [2.45, 2.75) is 90.8 Å². The van der Waals surface area contributed by atoms with Crippen LogP contribution in [-0.2, 0) is 0 Å². The molecule has 4 fully saturated rings. The van der Waals surface area contributed by atoms with Gasteiger partial charge in [0.2, 0.25) is 0 Å². The van der Waals surface area contributed by atoms with E-state index in [0.717, 1.165) is 25.7 Å². The Balaban J connectivity index is 1.56. The second-order valence-corrected chi connectivity index (χ2v) is 11.3. The van der Waals surface area contributed by atoms with Crippen LogP contribution in [0.25, 0.3) is 0 Å². The third-order valence-electron chi connectivity index (χ3n) is 10.1. The highest BCUT2D eigenvalue weighted by Crippen LogP contribution is 2.68. The van der Waals surface area contributed by atoms with Gasteiger partial charge >= 0.3 is 0 Å². The van der Waals surface area contributed by atoms with Crippen molar-refractivity contribution < 1.29 is 10.2 Å². The quantitative estimate of drug-likeness (QED) is 0.185. The number of fused-ring (bicyclic) bond motifs is 5. The highest BCUT2D eigenvalue weighted by molar-refractivity contribution is 5.79. The number of hydrogen-bond acceptors (Lipinski definition) is 4. The Labute approximate surface area is 175 Å². The normalized spacial score (nSPS) is 50.6. The second-order valence-electron chi connectivity index (χ2n) is 11.3. The van der Waals surface area contributed by atoms with E-state index in [0.29, 0.717) is 41.9 Å². The number of nitrogens with one attached hydrogen (secondary N) is 1. The maximum atomic E-state index is 11.3. The van der Waals surface area contributed by atoms with Crippen molar-refractivity contribution in [2.24, 2.45) is 62.5 Å². The summed E-state index contributed by atoms with van der Waals surface area (Å²) in [6.45, 7) is 7.17. The number of nitrogens with two attached hydrogens (primary N) is 1. The number of aliphatic hydroxyl groups is 2. The Morgan fingerprint density at radius 2 is 1.76 bits per heavy atom. The third kappa shape index (κ3) is 3.34. The van der Waals surface area contributed by atoms with Gasteiger partial charge in [0.05, 0.1) is 12.2 Å². The molecule has 29 heavy (non-hydrogen) atoms. The van der Waals surface area contributed by atoms with Crippen LogP contribution in [-0.4, -0.2) is 28.3 Å². The summed E-state index contributed by atoms with van der Waals surface area (Å²) in [5.74, 6) is 8.35. The molecule has 0 amide bonds. The molecule has 4 aliphatic rings. The van der Waals surface area contributed by atoms with Crippen molar-refractivity contribution in [3.63, 3.8) is 0 Å². The molecule has 0 aliphatic heterocycles. The van der Waals surface area contributed by atoms with Crippen molar-refractivity contribution in [1.82, 2.24) is 0 Å². The smallest absolute Gasteiger partial charge is 0.145 e. The average molecular weight is 405 g/mol. The summed E-state index contributed by atoms with van der Waals surface area (Å²) in [6.07, 6.45) is 8.78.